The van der Waals surface area contributed by atoms with Crippen molar-refractivity contribution < 1.29 is 4.79 Å². The van der Waals surface area contributed by atoms with E-state index in [0.29, 0.717) is 19.1 Å². The van der Waals surface area contributed by atoms with Gasteiger partial charge in [-0.05, 0) is 76.0 Å². The second-order valence-corrected chi connectivity index (χ2v) is 8.63. The fourth-order valence-corrected chi connectivity index (χ4v) is 4.60. The second-order valence-electron chi connectivity index (χ2n) is 8.63. The molecular formula is C24H33N5O. The number of anilines is 2. The summed E-state index contributed by atoms with van der Waals surface area (Å²) >= 11 is 0. The summed E-state index contributed by atoms with van der Waals surface area (Å²) in [6, 6.07) is 10.9. The summed E-state index contributed by atoms with van der Waals surface area (Å²) in [6.45, 7) is 10.7. The van der Waals surface area contributed by atoms with Crippen LogP contribution in [0.3, 0.4) is 0 Å². The van der Waals surface area contributed by atoms with Gasteiger partial charge in [-0.25, -0.2) is 4.98 Å². The van der Waals surface area contributed by atoms with Crippen LogP contribution in [0, 0.1) is 13.8 Å². The Labute approximate surface area is 179 Å². The van der Waals surface area contributed by atoms with Gasteiger partial charge in [0.05, 0.1) is 0 Å². The van der Waals surface area contributed by atoms with Crippen molar-refractivity contribution in [3.05, 3.63) is 53.2 Å². The van der Waals surface area contributed by atoms with Crippen molar-refractivity contribution in [3.63, 3.8) is 0 Å². The van der Waals surface area contributed by atoms with Crippen molar-refractivity contribution in [3.8, 4) is 0 Å². The molecule has 2 fully saturated rings. The van der Waals surface area contributed by atoms with E-state index in [1.54, 1.807) is 0 Å². The van der Waals surface area contributed by atoms with Gasteiger partial charge < -0.3 is 20.4 Å². The summed E-state index contributed by atoms with van der Waals surface area (Å²) in [6.07, 6.45) is 4.05. The van der Waals surface area contributed by atoms with Gasteiger partial charge in [0, 0.05) is 49.2 Å². The molecule has 0 spiro atoms. The average molecular weight is 408 g/mol. The quantitative estimate of drug-likeness (QED) is 0.815. The largest absolute Gasteiger partial charge is 0.382 e. The number of rotatable bonds is 4. The summed E-state index contributed by atoms with van der Waals surface area (Å²) in [7, 11) is 0. The Morgan fingerprint density at radius 1 is 1.13 bits per heavy atom. The minimum absolute atomic E-state index is 0.133. The van der Waals surface area contributed by atoms with Gasteiger partial charge in [0.25, 0.3) is 5.91 Å². The van der Waals surface area contributed by atoms with E-state index in [1.165, 1.54) is 5.56 Å². The number of nitrogens with zero attached hydrogens (tertiary/aromatic N) is 3. The smallest absolute Gasteiger partial charge is 0.254 e. The Morgan fingerprint density at radius 2 is 1.93 bits per heavy atom. The molecule has 1 amide bonds. The SMILES string of the molecule is Cc1cc(C)c(C(=O)N2CCN(c3ccccn3)[C@@H](C)C2)cc1NC1CCNCC1. The predicted octanol–water partition coefficient (Wildman–Crippen LogP) is 3.21. The van der Waals surface area contributed by atoms with Crippen molar-refractivity contribution in [2.24, 2.45) is 0 Å². The predicted molar refractivity (Wildman–Crippen MR) is 122 cm³/mol. The number of carbonyl (C=O) groups is 1. The van der Waals surface area contributed by atoms with E-state index in [4.69, 9.17) is 0 Å². The number of piperidine rings is 1. The second kappa shape index (κ2) is 9.04. The third kappa shape index (κ3) is 4.43. The highest BCUT2D eigenvalue weighted by Gasteiger charge is 2.29. The van der Waals surface area contributed by atoms with E-state index in [0.717, 1.165) is 55.1 Å². The number of hydrogen-bond acceptors (Lipinski definition) is 5. The molecule has 0 bridgehead atoms. The molecule has 0 radical (unpaired) electrons. The van der Waals surface area contributed by atoms with Crippen molar-refractivity contribution in [1.29, 1.82) is 0 Å². The van der Waals surface area contributed by atoms with Crippen LogP contribution in [0.25, 0.3) is 0 Å². The van der Waals surface area contributed by atoms with E-state index in [2.05, 4.69) is 46.5 Å². The van der Waals surface area contributed by atoms with Gasteiger partial charge in [0.15, 0.2) is 0 Å². The lowest BCUT2D eigenvalue weighted by Crippen LogP contribution is -2.54. The van der Waals surface area contributed by atoms with Crippen LogP contribution in [-0.4, -0.2) is 60.6 Å². The molecule has 6 heteroatoms. The third-order valence-electron chi connectivity index (χ3n) is 6.36. The van der Waals surface area contributed by atoms with Crippen molar-refractivity contribution in [2.45, 2.75) is 45.7 Å². The number of amides is 1. The summed E-state index contributed by atoms with van der Waals surface area (Å²) in [5, 5.41) is 7.09. The Bertz CT molecular complexity index is 879. The molecule has 1 aromatic heterocycles. The number of benzene rings is 1. The number of aromatic nitrogens is 1. The van der Waals surface area contributed by atoms with E-state index < -0.39 is 0 Å². The number of carbonyl (C=O) groups excluding carboxylic acids is 1. The van der Waals surface area contributed by atoms with Crippen LogP contribution in [0.2, 0.25) is 0 Å². The summed E-state index contributed by atoms with van der Waals surface area (Å²) in [5.41, 5.74) is 4.16. The monoisotopic (exact) mass is 407 g/mol. The molecule has 2 aliphatic rings. The molecule has 0 aliphatic carbocycles. The maximum absolute atomic E-state index is 13.4. The molecule has 2 aromatic rings. The first-order valence-corrected chi connectivity index (χ1v) is 11.1. The zero-order valence-electron chi connectivity index (χ0n) is 18.3. The molecular weight excluding hydrogens is 374 g/mol. The minimum atomic E-state index is 0.133. The van der Waals surface area contributed by atoms with Gasteiger partial charge in [0.1, 0.15) is 5.82 Å². The lowest BCUT2D eigenvalue weighted by atomic mass is 10.00. The van der Waals surface area contributed by atoms with E-state index in [1.807, 2.05) is 36.2 Å². The standard InChI is InChI=1S/C24H33N5O/c1-17-14-18(2)22(27-20-7-10-25-11-8-20)15-21(17)24(30)28-12-13-29(19(3)16-28)23-6-4-5-9-26-23/h4-6,9,14-15,19-20,25,27H,7-8,10-13,16H2,1-3H3/t19-/m0/s1. The Kier molecular flexibility index (Phi) is 6.23. The fraction of sp³-hybridized carbons (Fsp3) is 0.500. The zero-order valence-corrected chi connectivity index (χ0v) is 18.3. The van der Waals surface area contributed by atoms with Gasteiger partial charge in [-0.15, -0.1) is 0 Å². The highest BCUT2D eigenvalue weighted by Crippen LogP contribution is 2.26. The molecule has 1 aromatic carbocycles. The van der Waals surface area contributed by atoms with Gasteiger partial charge >= 0.3 is 0 Å². The van der Waals surface area contributed by atoms with Crippen LogP contribution in [0.1, 0.15) is 41.3 Å². The van der Waals surface area contributed by atoms with Crippen LogP contribution in [0.4, 0.5) is 11.5 Å². The summed E-state index contributed by atoms with van der Waals surface area (Å²) in [5.74, 6) is 1.12. The topological polar surface area (TPSA) is 60.5 Å². The van der Waals surface area contributed by atoms with Crippen LogP contribution in [-0.2, 0) is 0 Å². The summed E-state index contributed by atoms with van der Waals surface area (Å²) in [4.78, 5) is 22.2. The molecule has 3 heterocycles. The number of pyridine rings is 1. The molecule has 1 atom stereocenters. The highest BCUT2D eigenvalue weighted by molar-refractivity contribution is 5.97. The normalized spacial score (nSPS) is 20.3. The molecule has 4 rings (SSSR count). The molecule has 30 heavy (non-hydrogen) atoms. The van der Waals surface area contributed by atoms with Crippen molar-refractivity contribution >= 4 is 17.4 Å². The molecule has 160 valence electrons. The van der Waals surface area contributed by atoms with Crippen LogP contribution in [0.15, 0.2) is 36.5 Å². The molecule has 6 nitrogen and oxygen atoms in total. The third-order valence-corrected chi connectivity index (χ3v) is 6.36. The zero-order chi connectivity index (χ0) is 21.1. The molecule has 2 saturated heterocycles. The lowest BCUT2D eigenvalue weighted by molar-refractivity contribution is 0.0725. The Morgan fingerprint density at radius 3 is 2.63 bits per heavy atom. The van der Waals surface area contributed by atoms with E-state index >= 15 is 0 Å². The molecule has 0 saturated carbocycles. The molecule has 0 unspecified atom stereocenters. The lowest BCUT2D eigenvalue weighted by Gasteiger charge is -2.40. The van der Waals surface area contributed by atoms with Gasteiger partial charge in [0.2, 0.25) is 0 Å². The average Bonchev–Trinajstić information content (AvgIpc) is 2.76. The first-order chi connectivity index (χ1) is 14.5. The van der Waals surface area contributed by atoms with Crippen LogP contribution < -0.4 is 15.5 Å². The maximum Gasteiger partial charge on any atom is 0.254 e. The molecule has 2 N–H and O–H groups in total. The Hall–Kier alpha value is -2.60. The summed E-state index contributed by atoms with van der Waals surface area (Å²) < 4.78 is 0. The minimum Gasteiger partial charge on any atom is -0.382 e. The number of piperazine rings is 1. The van der Waals surface area contributed by atoms with E-state index in [9.17, 15) is 4.79 Å². The number of nitrogens with one attached hydrogen (secondary N) is 2. The first kappa shape index (κ1) is 20.7. The van der Waals surface area contributed by atoms with Crippen LogP contribution in [0.5, 0.6) is 0 Å². The Balaban J connectivity index is 1.48. The maximum atomic E-state index is 13.4. The molecule has 2 aliphatic heterocycles. The van der Waals surface area contributed by atoms with Gasteiger partial charge in [-0.1, -0.05) is 12.1 Å². The van der Waals surface area contributed by atoms with Crippen molar-refractivity contribution in [1.82, 2.24) is 15.2 Å². The van der Waals surface area contributed by atoms with Gasteiger partial charge in [-0.3, -0.25) is 4.79 Å². The van der Waals surface area contributed by atoms with Gasteiger partial charge in [-0.2, -0.15) is 0 Å². The fourth-order valence-electron chi connectivity index (χ4n) is 4.60. The van der Waals surface area contributed by atoms with Crippen LogP contribution >= 0.6 is 0 Å². The van der Waals surface area contributed by atoms with Crippen molar-refractivity contribution in [2.75, 3.05) is 42.9 Å². The number of hydrogen-bond donors (Lipinski definition) is 2. The number of aryl methyl sites for hydroxylation is 2. The van der Waals surface area contributed by atoms with E-state index in [-0.39, 0.29) is 11.9 Å². The first-order valence-electron chi connectivity index (χ1n) is 11.1. The highest BCUT2D eigenvalue weighted by atomic mass is 16.2.